The summed E-state index contributed by atoms with van der Waals surface area (Å²) in [6.45, 7) is -2.85. The van der Waals surface area contributed by atoms with Crippen molar-refractivity contribution in [1.29, 1.82) is 0 Å². The summed E-state index contributed by atoms with van der Waals surface area (Å²) >= 11 is 6.32. The van der Waals surface area contributed by atoms with Crippen LogP contribution in [0.15, 0.2) is 45.3 Å². The molecule has 11 heteroatoms. The third-order valence-corrected chi connectivity index (χ3v) is 4.07. The molecule has 148 valence electrons. The lowest BCUT2D eigenvalue weighted by Crippen LogP contribution is -2.19. The lowest BCUT2D eigenvalue weighted by molar-refractivity contribution is -0.154. The second-order valence-corrected chi connectivity index (χ2v) is 6.80. The second kappa shape index (κ2) is 8.59. The Balaban J connectivity index is 2.06. The lowest BCUT2D eigenvalue weighted by atomic mass is 10.3. The molecule has 0 saturated carbocycles. The average molecular weight is 524 g/mol. The van der Waals surface area contributed by atoms with Gasteiger partial charge in [0.15, 0.2) is 13.2 Å². The molecular weight excluding hydrogens is 514 g/mol. The fourth-order valence-corrected chi connectivity index (χ4v) is 2.63. The zero-order valence-corrected chi connectivity index (χ0v) is 16.3. The number of alkyl halides is 6. The lowest BCUT2D eigenvalue weighted by Gasteiger charge is -2.14. The normalized spacial score (nSPS) is 12.0. The summed E-state index contributed by atoms with van der Waals surface area (Å²) < 4.78 is 88.5. The zero-order valence-electron chi connectivity index (χ0n) is 13.1. The fourth-order valence-electron chi connectivity index (χ4n) is 1.76. The van der Waals surface area contributed by atoms with Gasteiger partial charge in [-0.25, -0.2) is 0 Å². The Bertz CT molecular complexity index is 727. The minimum Gasteiger partial charge on any atom is -0.484 e. The molecule has 0 unspecified atom stereocenters. The molecule has 2 aromatic carbocycles. The van der Waals surface area contributed by atoms with E-state index in [1.54, 1.807) is 0 Å². The van der Waals surface area contributed by atoms with Crippen LogP contribution in [0.3, 0.4) is 0 Å². The van der Waals surface area contributed by atoms with Crippen molar-refractivity contribution >= 4 is 31.9 Å². The van der Waals surface area contributed by atoms with Gasteiger partial charge < -0.3 is 14.2 Å². The van der Waals surface area contributed by atoms with Gasteiger partial charge in [-0.2, -0.15) is 26.3 Å². The third-order valence-electron chi connectivity index (χ3n) is 2.83. The molecular formula is C16H10Br2F6O3. The minimum absolute atomic E-state index is 0.0125. The molecule has 0 bridgehead atoms. The van der Waals surface area contributed by atoms with E-state index in [2.05, 4.69) is 41.3 Å². The van der Waals surface area contributed by atoms with Crippen LogP contribution in [0.4, 0.5) is 26.3 Å². The van der Waals surface area contributed by atoms with Gasteiger partial charge >= 0.3 is 12.4 Å². The predicted octanol–water partition coefficient (Wildman–Crippen LogP) is 6.89. The van der Waals surface area contributed by atoms with Crippen molar-refractivity contribution in [3.05, 3.63) is 45.3 Å². The van der Waals surface area contributed by atoms with Gasteiger partial charge in [0.25, 0.3) is 0 Å². The van der Waals surface area contributed by atoms with E-state index in [1.807, 2.05) is 0 Å². The maximum absolute atomic E-state index is 12.2. The van der Waals surface area contributed by atoms with Crippen LogP contribution in [-0.2, 0) is 0 Å². The van der Waals surface area contributed by atoms with Gasteiger partial charge in [0, 0.05) is 0 Å². The van der Waals surface area contributed by atoms with Crippen molar-refractivity contribution in [1.82, 2.24) is 0 Å². The van der Waals surface area contributed by atoms with Crippen LogP contribution < -0.4 is 14.2 Å². The highest BCUT2D eigenvalue weighted by Gasteiger charge is 2.29. The van der Waals surface area contributed by atoms with Crippen molar-refractivity contribution in [2.75, 3.05) is 13.2 Å². The standard InChI is InChI=1S/C16H10Br2F6O3/c17-11-5-9(25-7-15(19,20)21)1-3-13(11)27-14-4-2-10(6-12(14)18)26-8-16(22,23)24/h1-6H,7-8H2. The second-order valence-electron chi connectivity index (χ2n) is 5.09. The summed E-state index contributed by atoms with van der Waals surface area (Å²) in [6.07, 6.45) is -8.91. The maximum atomic E-state index is 12.2. The van der Waals surface area contributed by atoms with Gasteiger partial charge in [-0.3, -0.25) is 0 Å². The molecule has 0 atom stereocenters. The van der Waals surface area contributed by atoms with Crippen LogP contribution in [0.1, 0.15) is 0 Å². The molecule has 27 heavy (non-hydrogen) atoms. The van der Waals surface area contributed by atoms with Gasteiger partial charge in [-0.05, 0) is 68.3 Å². The molecule has 0 spiro atoms. The van der Waals surface area contributed by atoms with Crippen molar-refractivity contribution in [3.63, 3.8) is 0 Å². The van der Waals surface area contributed by atoms with E-state index in [-0.39, 0.29) is 23.0 Å². The van der Waals surface area contributed by atoms with E-state index < -0.39 is 25.6 Å². The van der Waals surface area contributed by atoms with E-state index in [9.17, 15) is 26.3 Å². The van der Waals surface area contributed by atoms with Gasteiger partial charge in [0.2, 0.25) is 0 Å². The summed E-state index contributed by atoms with van der Waals surface area (Å²) in [4.78, 5) is 0. The minimum atomic E-state index is -4.46. The highest BCUT2D eigenvalue weighted by atomic mass is 79.9. The molecule has 0 fully saturated rings. The SMILES string of the molecule is FC(F)(F)COc1ccc(Oc2ccc(OCC(F)(F)F)cc2Br)c(Br)c1. The van der Waals surface area contributed by atoms with Crippen molar-refractivity contribution in [2.24, 2.45) is 0 Å². The van der Waals surface area contributed by atoms with Crippen LogP contribution in [0.2, 0.25) is 0 Å². The summed E-state index contributed by atoms with van der Waals surface area (Å²) in [5.41, 5.74) is 0. The van der Waals surface area contributed by atoms with E-state index in [4.69, 9.17) is 4.74 Å². The Labute approximate surface area is 166 Å². The first kappa shape index (κ1) is 21.7. The highest BCUT2D eigenvalue weighted by Crippen LogP contribution is 2.37. The summed E-state index contributed by atoms with van der Waals surface area (Å²) in [6, 6.07) is 7.96. The monoisotopic (exact) mass is 522 g/mol. The molecule has 0 amide bonds. The van der Waals surface area contributed by atoms with Crippen molar-refractivity contribution in [3.8, 4) is 23.0 Å². The number of hydrogen-bond donors (Lipinski definition) is 0. The van der Waals surface area contributed by atoms with Gasteiger partial charge in [0.05, 0.1) is 8.95 Å². The van der Waals surface area contributed by atoms with Gasteiger partial charge in [0.1, 0.15) is 23.0 Å². The molecule has 2 aromatic rings. The first-order valence-corrected chi connectivity index (χ1v) is 8.67. The fraction of sp³-hybridized carbons (Fsp3) is 0.250. The molecule has 0 aromatic heterocycles. The molecule has 0 aliphatic heterocycles. The zero-order chi connectivity index (χ0) is 20.2. The summed E-state index contributed by atoms with van der Waals surface area (Å²) in [7, 11) is 0. The third kappa shape index (κ3) is 7.49. The van der Waals surface area contributed by atoms with E-state index >= 15 is 0 Å². The topological polar surface area (TPSA) is 27.7 Å². The molecule has 0 N–H and O–H groups in total. The molecule has 0 radical (unpaired) electrons. The number of hydrogen-bond acceptors (Lipinski definition) is 3. The Morgan fingerprint density at radius 3 is 1.33 bits per heavy atom. The van der Waals surface area contributed by atoms with Gasteiger partial charge in [-0.1, -0.05) is 0 Å². The van der Waals surface area contributed by atoms with E-state index in [0.717, 1.165) is 0 Å². The quantitative estimate of drug-likeness (QED) is 0.386. The van der Waals surface area contributed by atoms with Crippen LogP contribution in [0, 0.1) is 0 Å². The molecule has 0 aliphatic carbocycles. The highest BCUT2D eigenvalue weighted by molar-refractivity contribution is 9.11. The first-order valence-electron chi connectivity index (χ1n) is 7.09. The molecule has 3 nitrogen and oxygen atoms in total. The Morgan fingerprint density at radius 1 is 0.667 bits per heavy atom. The van der Waals surface area contributed by atoms with E-state index in [1.165, 1.54) is 36.4 Å². The average Bonchev–Trinajstić information content (AvgIpc) is 2.54. The van der Waals surface area contributed by atoms with E-state index in [0.29, 0.717) is 8.95 Å². The predicted molar refractivity (Wildman–Crippen MR) is 91.5 cm³/mol. The Morgan fingerprint density at radius 2 is 1.04 bits per heavy atom. The Hall–Kier alpha value is -1.62. The van der Waals surface area contributed by atoms with Crippen LogP contribution in [-0.4, -0.2) is 25.6 Å². The number of rotatable bonds is 6. The van der Waals surface area contributed by atoms with Crippen LogP contribution in [0.25, 0.3) is 0 Å². The maximum Gasteiger partial charge on any atom is 0.422 e. The first-order chi connectivity index (χ1) is 12.4. The Kier molecular flexibility index (Phi) is 6.90. The molecule has 0 heterocycles. The molecule has 2 rings (SSSR count). The van der Waals surface area contributed by atoms with Crippen molar-refractivity contribution in [2.45, 2.75) is 12.4 Å². The largest absolute Gasteiger partial charge is 0.484 e. The summed E-state index contributed by atoms with van der Waals surface area (Å²) in [5, 5.41) is 0. The number of benzene rings is 2. The van der Waals surface area contributed by atoms with Crippen LogP contribution >= 0.6 is 31.9 Å². The smallest absolute Gasteiger partial charge is 0.422 e. The molecule has 0 aliphatic rings. The van der Waals surface area contributed by atoms with Gasteiger partial charge in [-0.15, -0.1) is 0 Å². The number of halogens is 8. The summed E-state index contributed by atoms with van der Waals surface area (Å²) in [5.74, 6) is 0.501. The van der Waals surface area contributed by atoms with Crippen LogP contribution in [0.5, 0.6) is 23.0 Å². The molecule has 0 saturated heterocycles. The van der Waals surface area contributed by atoms with Crippen molar-refractivity contribution < 1.29 is 40.6 Å². The number of ether oxygens (including phenoxy) is 3.